The first kappa shape index (κ1) is 15.3. The molecule has 2 rings (SSSR count). The molecule has 0 bridgehead atoms. The first-order chi connectivity index (χ1) is 8.85. The van der Waals surface area contributed by atoms with Gasteiger partial charge in [-0.25, -0.2) is 0 Å². The van der Waals surface area contributed by atoms with Gasteiger partial charge in [-0.05, 0) is 18.2 Å². The average molecular weight is 405 g/mol. The van der Waals surface area contributed by atoms with E-state index < -0.39 is 8.07 Å². The van der Waals surface area contributed by atoms with Gasteiger partial charge in [0.2, 0.25) is 0 Å². The summed E-state index contributed by atoms with van der Waals surface area (Å²) in [6, 6.07) is 9.36. The fourth-order valence-electron chi connectivity index (χ4n) is 2.23. The van der Waals surface area contributed by atoms with Gasteiger partial charge in [0.05, 0.1) is 4.83 Å². The van der Waals surface area contributed by atoms with Gasteiger partial charge in [-0.1, -0.05) is 68.8 Å². The summed E-state index contributed by atoms with van der Waals surface area (Å²) in [5, 5.41) is 4.35. The maximum atomic E-state index is 5.70. The molecule has 0 fully saturated rings. The van der Waals surface area contributed by atoms with Crippen LogP contribution in [0.15, 0.2) is 33.9 Å². The molecule has 0 aromatic heterocycles. The Morgan fingerprint density at radius 1 is 1.26 bits per heavy atom. The van der Waals surface area contributed by atoms with E-state index >= 15 is 0 Å². The summed E-state index contributed by atoms with van der Waals surface area (Å²) in [7, 11) is -1.10. The minimum absolute atomic E-state index is 0.259. The van der Waals surface area contributed by atoms with Crippen molar-refractivity contribution in [2.75, 3.05) is 0 Å². The van der Waals surface area contributed by atoms with E-state index in [1.54, 1.807) is 0 Å². The predicted molar refractivity (Wildman–Crippen MR) is 91.0 cm³/mol. The molecule has 1 heterocycles. The second-order valence-corrected chi connectivity index (χ2v) is 13.7. The van der Waals surface area contributed by atoms with Crippen LogP contribution in [0.5, 0.6) is 0 Å². The summed E-state index contributed by atoms with van der Waals surface area (Å²) >= 11 is 7.20. The highest BCUT2D eigenvalue weighted by Gasteiger charge is 2.30. The van der Waals surface area contributed by atoms with Gasteiger partial charge < -0.3 is 4.84 Å². The van der Waals surface area contributed by atoms with Crippen LogP contribution in [0.3, 0.4) is 0 Å². The van der Waals surface area contributed by atoms with Gasteiger partial charge >= 0.3 is 0 Å². The Bertz CT molecular complexity index is 467. The summed E-state index contributed by atoms with van der Waals surface area (Å²) in [6.07, 6.45) is 1.26. The van der Waals surface area contributed by atoms with E-state index in [0.717, 1.165) is 28.2 Å². The molecule has 1 aliphatic heterocycles. The zero-order valence-electron chi connectivity index (χ0n) is 11.5. The van der Waals surface area contributed by atoms with Gasteiger partial charge in [-0.2, -0.15) is 0 Å². The Labute approximate surface area is 132 Å². The first-order valence-electron chi connectivity index (χ1n) is 6.49. The van der Waals surface area contributed by atoms with Crippen LogP contribution in [0.1, 0.15) is 12.0 Å². The van der Waals surface area contributed by atoms with Crippen LogP contribution < -0.4 is 0 Å². The van der Waals surface area contributed by atoms with Crippen LogP contribution >= 0.6 is 31.9 Å². The molecule has 0 amide bonds. The van der Waals surface area contributed by atoms with Gasteiger partial charge in [-0.3, -0.25) is 0 Å². The highest BCUT2D eigenvalue weighted by atomic mass is 79.9. The van der Waals surface area contributed by atoms with Crippen molar-refractivity contribution in [2.45, 2.75) is 43.0 Å². The van der Waals surface area contributed by atoms with E-state index in [1.165, 1.54) is 0 Å². The van der Waals surface area contributed by atoms with E-state index in [2.05, 4.69) is 68.8 Å². The Balaban J connectivity index is 2.10. The topological polar surface area (TPSA) is 21.6 Å². The van der Waals surface area contributed by atoms with Gasteiger partial charge in [0.15, 0.2) is 0 Å². The second-order valence-electron chi connectivity index (χ2n) is 6.18. The van der Waals surface area contributed by atoms with Crippen LogP contribution in [0, 0.1) is 0 Å². The Morgan fingerprint density at radius 3 is 2.42 bits per heavy atom. The third kappa shape index (κ3) is 4.43. The molecule has 1 aromatic rings. The molecule has 0 unspecified atom stereocenters. The third-order valence-corrected chi connectivity index (χ3v) is 6.06. The number of rotatable bonds is 3. The van der Waals surface area contributed by atoms with Crippen LogP contribution in [0.2, 0.25) is 25.7 Å². The van der Waals surface area contributed by atoms with Crippen LogP contribution in [-0.4, -0.2) is 24.7 Å². The minimum atomic E-state index is -1.10. The van der Waals surface area contributed by atoms with Crippen molar-refractivity contribution in [1.82, 2.24) is 0 Å². The first-order valence-corrected chi connectivity index (χ1v) is 11.9. The molecule has 2 atom stereocenters. The highest BCUT2D eigenvalue weighted by molar-refractivity contribution is 9.10. The fourth-order valence-corrected chi connectivity index (χ4v) is 4.87. The molecule has 2 nitrogen and oxygen atoms in total. The average Bonchev–Trinajstić information content (AvgIpc) is 2.29. The van der Waals surface area contributed by atoms with Crippen molar-refractivity contribution in [2.24, 2.45) is 5.16 Å². The monoisotopic (exact) mass is 403 g/mol. The molecular weight excluding hydrogens is 386 g/mol. The molecule has 5 heteroatoms. The van der Waals surface area contributed by atoms with Gasteiger partial charge in [0.25, 0.3) is 0 Å². The van der Waals surface area contributed by atoms with E-state index in [9.17, 15) is 0 Å². The molecule has 0 saturated carbocycles. The Kier molecular flexibility index (Phi) is 4.90. The standard InChI is InChI=1S/C14H19Br2NOSi/c1-19(2,3)9-12-8-13(16)14(17-18-12)10-4-6-11(15)7-5-10/h4-7,12-13H,8-9H2,1-3H3/t12-,13+/m0/s1. The van der Waals surface area contributed by atoms with Gasteiger partial charge in [0, 0.05) is 24.5 Å². The maximum Gasteiger partial charge on any atom is 0.126 e. The largest absolute Gasteiger partial charge is 0.392 e. The van der Waals surface area contributed by atoms with Crippen molar-refractivity contribution >= 4 is 45.6 Å². The third-order valence-electron chi connectivity index (χ3n) is 3.05. The quantitative estimate of drug-likeness (QED) is 0.510. The Hall–Kier alpha value is -0.133. The minimum Gasteiger partial charge on any atom is -0.392 e. The number of hydrogen-bond acceptors (Lipinski definition) is 2. The molecule has 0 radical (unpaired) electrons. The lowest BCUT2D eigenvalue weighted by Crippen LogP contribution is -2.34. The molecule has 0 N–H and O–H groups in total. The van der Waals surface area contributed by atoms with Crippen LogP contribution in [0.4, 0.5) is 0 Å². The van der Waals surface area contributed by atoms with Gasteiger partial charge in [-0.15, -0.1) is 0 Å². The normalized spacial score (nSPS) is 23.7. The number of benzene rings is 1. The lowest BCUT2D eigenvalue weighted by atomic mass is 10.0. The summed E-state index contributed by atoms with van der Waals surface area (Å²) in [5.74, 6) is 0. The number of alkyl halides is 1. The van der Waals surface area contributed by atoms with Crippen molar-refractivity contribution in [1.29, 1.82) is 0 Å². The Morgan fingerprint density at radius 2 is 1.89 bits per heavy atom. The molecule has 1 aromatic carbocycles. The smallest absolute Gasteiger partial charge is 0.126 e. The molecule has 0 aliphatic carbocycles. The van der Waals surface area contributed by atoms with Crippen molar-refractivity contribution in [3.63, 3.8) is 0 Å². The molecule has 0 spiro atoms. The molecule has 19 heavy (non-hydrogen) atoms. The molecule has 104 valence electrons. The lowest BCUT2D eigenvalue weighted by molar-refractivity contribution is 0.0582. The number of nitrogens with zero attached hydrogens (tertiary/aromatic N) is 1. The second kappa shape index (κ2) is 6.10. The number of hydrogen-bond donors (Lipinski definition) is 0. The summed E-state index contributed by atoms with van der Waals surface area (Å²) in [4.78, 5) is 5.98. The number of halogens is 2. The summed E-state index contributed by atoms with van der Waals surface area (Å²) in [6.45, 7) is 7.11. The zero-order valence-corrected chi connectivity index (χ0v) is 15.7. The molecule has 1 aliphatic rings. The van der Waals surface area contributed by atoms with E-state index in [-0.39, 0.29) is 10.9 Å². The molecular formula is C14H19Br2NOSi. The number of oxime groups is 1. The van der Waals surface area contributed by atoms with E-state index in [0.29, 0.717) is 0 Å². The van der Waals surface area contributed by atoms with Crippen LogP contribution in [0.25, 0.3) is 0 Å². The summed E-state index contributed by atoms with van der Waals surface area (Å²) < 4.78 is 1.08. The SMILES string of the molecule is C[Si](C)(C)C[C@@H]1C[C@@H](Br)C(c2ccc(Br)cc2)=NO1. The van der Waals surface area contributed by atoms with Crippen molar-refractivity contribution < 1.29 is 4.84 Å². The maximum absolute atomic E-state index is 5.70. The van der Waals surface area contributed by atoms with Crippen LogP contribution in [-0.2, 0) is 4.84 Å². The van der Waals surface area contributed by atoms with Gasteiger partial charge in [0.1, 0.15) is 11.8 Å². The van der Waals surface area contributed by atoms with E-state index in [1.807, 2.05) is 12.1 Å². The van der Waals surface area contributed by atoms with Crippen molar-refractivity contribution in [3.05, 3.63) is 34.3 Å². The summed E-state index contributed by atoms with van der Waals surface area (Å²) in [5.41, 5.74) is 2.12. The predicted octanol–water partition coefficient (Wildman–Crippen LogP) is 5.04. The molecule has 0 saturated heterocycles. The van der Waals surface area contributed by atoms with Crippen molar-refractivity contribution in [3.8, 4) is 0 Å². The zero-order chi connectivity index (χ0) is 14.0. The lowest BCUT2D eigenvalue weighted by Gasteiger charge is -2.29. The fraction of sp³-hybridized carbons (Fsp3) is 0.500. The highest BCUT2D eigenvalue weighted by Crippen LogP contribution is 2.28. The van der Waals surface area contributed by atoms with E-state index in [4.69, 9.17) is 4.84 Å².